The molecule has 1 aliphatic carbocycles. The SMILES string of the molecule is COc1ccc(C(=O)NC2(CN)CCCC2)cc1OC. The normalized spacial score (nSPS) is 16.8. The highest BCUT2D eigenvalue weighted by Crippen LogP contribution is 2.30. The van der Waals surface area contributed by atoms with Gasteiger partial charge in [-0.15, -0.1) is 0 Å². The second kappa shape index (κ2) is 6.13. The maximum atomic E-state index is 12.4. The summed E-state index contributed by atoms with van der Waals surface area (Å²) in [5, 5.41) is 3.09. The van der Waals surface area contributed by atoms with Crippen LogP contribution in [0.2, 0.25) is 0 Å². The molecule has 1 aromatic rings. The maximum absolute atomic E-state index is 12.4. The Hall–Kier alpha value is -1.75. The first-order valence-corrected chi connectivity index (χ1v) is 6.89. The number of benzene rings is 1. The fraction of sp³-hybridized carbons (Fsp3) is 0.533. The molecule has 1 amide bonds. The van der Waals surface area contributed by atoms with E-state index in [1.54, 1.807) is 32.4 Å². The summed E-state index contributed by atoms with van der Waals surface area (Å²) in [5.74, 6) is 1.05. The summed E-state index contributed by atoms with van der Waals surface area (Å²) >= 11 is 0. The molecule has 5 nitrogen and oxygen atoms in total. The summed E-state index contributed by atoms with van der Waals surface area (Å²) in [6, 6.07) is 5.15. The molecular weight excluding hydrogens is 256 g/mol. The minimum Gasteiger partial charge on any atom is -0.493 e. The lowest BCUT2D eigenvalue weighted by molar-refractivity contribution is 0.0902. The summed E-state index contributed by atoms with van der Waals surface area (Å²) in [5.41, 5.74) is 6.15. The topological polar surface area (TPSA) is 73.6 Å². The minimum atomic E-state index is -0.246. The van der Waals surface area contributed by atoms with Crippen LogP contribution in [0.4, 0.5) is 0 Å². The lowest BCUT2D eigenvalue weighted by atomic mass is 9.97. The van der Waals surface area contributed by atoms with E-state index in [9.17, 15) is 4.79 Å². The number of methoxy groups -OCH3 is 2. The van der Waals surface area contributed by atoms with Gasteiger partial charge in [0.05, 0.1) is 19.8 Å². The summed E-state index contributed by atoms with van der Waals surface area (Å²) < 4.78 is 10.4. The minimum absolute atomic E-state index is 0.113. The van der Waals surface area contributed by atoms with Gasteiger partial charge in [-0.3, -0.25) is 4.79 Å². The second-order valence-electron chi connectivity index (χ2n) is 5.22. The fourth-order valence-electron chi connectivity index (χ4n) is 2.72. The molecule has 0 atom stereocenters. The smallest absolute Gasteiger partial charge is 0.251 e. The van der Waals surface area contributed by atoms with Gasteiger partial charge in [0.25, 0.3) is 5.91 Å². The van der Waals surface area contributed by atoms with Gasteiger partial charge in [-0.2, -0.15) is 0 Å². The Kier molecular flexibility index (Phi) is 4.49. The van der Waals surface area contributed by atoms with Crippen LogP contribution >= 0.6 is 0 Å². The largest absolute Gasteiger partial charge is 0.493 e. The Morgan fingerprint density at radius 2 is 1.90 bits per heavy atom. The van der Waals surface area contributed by atoms with E-state index in [1.165, 1.54) is 0 Å². The van der Waals surface area contributed by atoms with E-state index in [4.69, 9.17) is 15.2 Å². The number of ether oxygens (including phenoxy) is 2. The molecule has 0 aliphatic heterocycles. The number of amides is 1. The zero-order chi connectivity index (χ0) is 14.6. The molecule has 3 N–H and O–H groups in total. The molecule has 0 spiro atoms. The number of nitrogens with two attached hydrogens (primary N) is 1. The van der Waals surface area contributed by atoms with Crippen molar-refractivity contribution in [3.63, 3.8) is 0 Å². The first-order chi connectivity index (χ1) is 9.64. The van der Waals surface area contributed by atoms with Gasteiger partial charge in [-0.25, -0.2) is 0 Å². The lowest BCUT2D eigenvalue weighted by Gasteiger charge is -2.28. The van der Waals surface area contributed by atoms with Gasteiger partial charge in [-0.05, 0) is 31.0 Å². The van der Waals surface area contributed by atoms with E-state index in [-0.39, 0.29) is 11.4 Å². The molecule has 5 heteroatoms. The van der Waals surface area contributed by atoms with E-state index < -0.39 is 0 Å². The molecule has 0 radical (unpaired) electrons. The van der Waals surface area contributed by atoms with E-state index in [0.29, 0.717) is 23.6 Å². The molecule has 20 heavy (non-hydrogen) atoms. The molecule has 1 saturated carbocycles. The number of rotatable bonds is 5. The van der Waals surface area contributed by atoms with E-state index in [1.807, 2.05) is 0 Å². The van der Waals surface area contributed by atoms with Crippen LogP contribution in [0.1, 0.15) is 36.0 Å². The Balaban J connectivity index is 2.16. The van der Waals surface area contributed by atoms with Crippen LogP contribution in [0.5, 0.6) is 11.5 Å². The quantitative estimate of drug-likeness (QED) is 0.860. The van der Waals surface area contributed by atoms with Crippen LogP contribution in [0.25, 0.3) is 0 Å². The maximum Gasteiger partial charge on any atom is 0.251 e. The summed E-state index contributed by atoms with van der Waals surface area (Å²) in [6.45, 7) is 0.478. The van der Waals surface area contributed by atoms with Gasteiger partial charge in [0, 0.05) is 12.1 Å². The van der Waals surface area contributed by atoms with Gasteiger partial charge in [0.1, 0.15) is 0 Å². The number of carbonyl (C=O) groups excluding carboxylic acids is 1. The van der Waals surface area contributed by atoms with Crippen LogP contribution in [-0.4, -0.2) is 32.2 Å². The summed E-state index contributed by atoms with van der Waals surface area (Å²) in [4.78, 5) is 12.4. The highest BCUT2D eigenvalue weighted by Gasteiger charge is 2.34. The average molecular weight is 278 g/mol. The second-order valence-corrected chi connectivity index (χ2v) is 5.22. The van der Waals surface area contributed by atoms with Crippen LogP contribution < -0.4 is 20.5 Å². The van der Waals surface area contributed by atoms with Gasteiger partial charge in [0.15, 0.2) is 11.5 Å². The van der Waals surface area contributed by atoms with Crippen molar-refractivity contribution >= 4 is 5.91 Å². The third-order valence-corrected chi connectivity index (χ3v) is 3.98. The van der Waals surface area contributed by atoms with Crippen molar-refractivity contribution in [2.24, 2.45) is 5.73 Å². The molecule has 110 valence electrons. The molecule has 1 aromatic carbocycles. The molecule has 1 aliphatic rings. The monoisotopic (exact) mass is 278 g/mol. The molecule has 1 fully saturated rings. The lowest BCUT2D eigenvalue weighted by Crippen LogP contribution is -2.51. The van der Waals surface area contributed by atoms with Gasteiger partial charge < -0.3 is 20.5 Å². The van der Waals surface area contributed by atoms with E-state index in [2.05, 4.69) is 5.32 Å². The van der Waals surface area contributed by atoms with Crippen LogP contribution in [0.15, 0.2) is 18.2 Å². The molecule has 0 unspecified atom stereocenters. The van der Waals surface area contributed by atoms with Crippen LogP contribution in [0.3, 0.4) is 0 Å². The third kappa shape index (κ3) is 2.88. The predicted molar refractivity (Wildman–Crippen MR) is 77.3 cm³/mol. The summed E-state index contributed by atoms with van der Waals surface area (Å²) in [7, 11) is 3.12. The Morgan fingerprint density at radius 3 is 2.45 bits per heavy atom. The Morgan fingerprint density at radius 1 is 1.25 bits per heavy atom. The Labute approximate surface area is 119 Å². The molecule has 0 aromatic heterocycles. The predicted octanol–water partition coefficient (Wildman–Crippen LogP) is 1.71. The van der Waals surface area contributed by atoms with Crippen molar-refractivity contribution < 1.29 is 14.3 Å². The molecule has 2 rings (SSSR count). The number of carbonyl (C=O) groups is 1. The number of hydrogen-bond acceptors (Lipinski definition) is 4. The zero-order valence-corrected chi connectivity index (χ0v) is 12.1. The van der Waals surface area contributed by atoms with Gasteiger partial charge >= 0.3 is 0 Å². The zero-order valence-electron chi connectivity index (χ0n) is 12.1. The highest BCUT2D eigenvalue weighted by molar-refractivity contribution is 5.95. The van der Waals surface area contributed by atoms with Crippen molar-refractivity contribution in [3.8, 4) is 11.5 Å². The molecule has 0 heterocycles. The van der Waals surface area contributed by atoms with Crippen molar-refractivity contribution in [2.75, 3.05) is 20.8 Å². The van der Waals surface area contributed by atoms with Gasteiger partial charge in [-0.1, -0.05) is 12.8 Å². The third-order valence-electron chi connectivity index (χ3n) is 3.98. The van der Waals surface area contributed by atoms with E-state index in [0.717, 1.165) is 25.7 Å². The van der Waals surface area contributed by atoms with Crippen molar-refractivity contribution in [2.45, 2.75) is 31.2 Å². The first-order valence-electron chi connectivity index (χ1n) is 6.89. The molecule has 0 saturated heterocycles. The average Bonchev–Trinajstić information content (AvgIpc) is 2.95. The number of nitrogens with one attached hydrogen (secondary N) is 1. The Bertz CT molecular complexity index is 482. The standard InChI is InChI=1S/C15H22N2O3/c1-19-12-6-5-11(9-13(12)20-2)14(18)17-15(10-16)7-3-4-8-15/h5-6,9H,3-4,7-8,10,16H2,1-2H3,(H,17,18). The van der Waals surface area contributed by atoms with Crippen molar-refractivity contribution in [3.05, 3.63) is 23.8 Å². The fourth-order valence-corrected chi connectivity index (χ4v) is 2.72. The van der Waals surface area contributed by atoms with Crippen molar-refractivity contribution in [1.82, 2.24) is 5.32 Å². The number of hydrogen-bond donors (Lipinski definition) is 2. The van der Waals surface area contributed by atoms with Gasteiger partial charge in [0.2, 0.25) is 0 Å². The van der Waals surface area contributed by atoms with E-state index >= 15 is 0 Å². The summed E-state index contributed by atoms with van der Waals surface area (Å²) in [6.07, 6.45) is 4.12. The van der Waals surface area contributed by atoms with Crippen LogP contribution in [-0.2, 0) is 0 Å². The molecule has 0 bridgehead atoms. The van der Waals surface area contributed by atoms with Crippen molar-refractivity contribution in [1.29, 1.82) is 0 Å². The first kappa shape index (κ1) is 14.7. The molecular formula is C15H22N2O3. The highest BCUT2D eigenvalue weighted by atomic mass is 16.5. The van der Waals surface area contributed by atoms with Crippen LogP contribution in [0, 0.1) is 0 Å².